The minimum atomic E-state index is -0.0705. The van der Waals surface area contributed by atoms with E-state index in [0.717, 1.165) is 84.8 Å². The van der Waals surface area contributed by atoms with Gasteiger partial charge in [-0.2, -0.15) is 0 Å². The van der Waals surface area contributed by atoms with Gasteiger partial charge in [-0.25, -0.2) is 0 Å². The first-order chi connectivity index (χ1) is 23.5. The van der Waals surface area contributed by atoms with Crippen molar-refractivity contribution in [1.82, 2.24) is 20.6 Å². The predicted octanol–water partition coefficient (Wildman–Crippen LogP) is -1.76. The average molecular weight is 659 g/mol. The van der Waals surface area contributed by atoms with E-state index in [1.165, 1.54) is 44.5 Å². The number of aromatic nitrogens is 2. The predicted molar refractivity (Wildman–Crippen MR) is 199 cm³/mol. The first-order valence-corrected chi connectivity index (χ1v) is 17.6. The van der Waals surface area contributed by atoms with Gasteiger partial charge in [-0.05, 0) is 173 Å². The first-order valence-electron chi connectivity index (χ1n) is 17.6. The van der Waals surface area contributed by atoms with Crippen LogP contribution in [0.2, 0.25) is 0 Å². The highest BCUT2D eigenvalue weighted by atomic mass is 15.0. The normalized spacial score (nSPS) is 21.3. The number of hydrogen-bond acceptors (Lipinski definition) is 10. The molecule has 0 saturated carbocycles. The molecule has 0 fully saturated rings. The summed E-state index contributed by atoms with van der Waals surface area (Å²) in [6.07, 6.45) is 14.9. The Balaban J connectivity index is 1.88. The lowest BCUT2D eigenvalue weighted by Gasteiger charge is -2.12. The van der Waals surface area contributed by atoms with Crippen LogP contribution in [0.1, 0.15) is 59.3 Å². The molecule has 12 nitrogen and oxygen atoms in total. The van der Waals surface area contributed by atoms with Crippen LogP contribution in [-0.4, -0.2) is 74.4 Å². The molecule has 262 valence electrons. The smallest absolute Gasteiger partial charge is 0.0687 e. The highest BCUT2D eigenvalue weighted by molar-refractivity contribution is 5.71. The van der Waals surface area contributed by atoms with Crippen LogP contribution in [-0.2, 0) is 25.7 Å². The molecule has 0 aliphatic carbocycles. The van der Waals surface area contributed by atoms with Gasteiger partial charge in [-0.3, -0.25) is 0 Å². The van der Waals surface area contributed by atoms with Gasteiger partial charge in [-0.1, -0.05) is 0 Å². The van der Waals surface area contributed by atoms with E-state index < -0.39 is 0 Å². The van der Waals surface area contributed by atoms with E-state index in [0.29, 0.717) is 52.4 Å². The Morgan fingerprint density at radius 1 is 0.417 bits per heavy atom. The van der Waals surface area contributed by atoms with Gasteiger partial charge in [0, 0.05) is 33.5 Å². The molecular formula is C36H58N12. The van der Waals surface area contributed by atoms with Crippen LogP contribution >= 0.6 is 0 Å². The molecular weight excluding hydrogens is 600 g/mol. The number of hydrogen-bond donors (Lipinski definition) is 12. The van der Waals surface area contributed by atoms with Crippen molar-refractivity contribution in [2.75, 3.05) is 52.4 Å². The van der Waals surface area contributed by atoms with Crippen LogP contribution < -0.4 is 67.2 Å². The summed E-state index contributed by atoms with van der Waals surface area (Å²) in [7, 11) is 0. The van der Waals surface area contributed by atoms with E-state index in [4.69, 9.17) is 45.9 Å². The fourth-order valence-corrected chi connectivity index (χ4v) is 7.86. The quantitative estimate of drug-likeness (QED) is 0.0966. The third kappa shape index (κ3) is 7.26. The molecule has 5 rings (SSSR count). The number of H-pyrrole nitrogens is 2. The van der Waals surface area contributed by atoms with Gasteiger partial charge < -0.3 is 66.5 Å². The van der Waals surface area contributed by atoms with Gasteiger partial charge in [0.25, 0.3) is 0 Å². The Kier molecular flexibility index (Phi) is 12.5. The van der Waals surface area contributed by atoms with E-state index in [2.05, 4.69) is 44.9 Å². The standard InChI is InChI=1S/C36H58N12/c37-9-1-21-22(2-10-38)30-18-32-25(5-13-41)26(6-14-42)34(47-32)20-36-28(8-16-44)27(7-15-43)35(48-36)19-33-24(4-12-40)23(3-11-39)31(46-33)17-29(21)45-30/h17-20,29,35,45-48H,1-16,37-44H2/b30-18-,31-17-,33-19-,36-20?. The lowest BCUT2D eigenvalue weighted by molar-refractivity contribution is 0.791. The molecule has 2 aromatic heterocycles. The summed E-state index contributed by atoms with van der Waals surface area (Å²) in [5.74, 6) is 0. The molecule has 0 amide bonds. The van der Waals surface area contributed by atoms with Crippen molar-refractivity contribution in [1.29, 1.82) is 0 Å². The van der Waals surface area contributed by atoms with Crippen molar-refractivity contribution < 1.29 is 0 Å². The van der Waals surface area contributed by atoms with Gasteiger partial charge in [0.1, 0.15) is 0 Å². The Bertz CT molecular complexity index is 1570. The fraction of sp³-hybridized carbons (Fsp3) is 0.500. The maximum atomic E-state index is 6.22. The third-order valence-corrected chi connectivity index (χ3v) is 9.80. The van der Waals surface area contributed by atoms with E-state index in [9.17, 15) is 0 Å². The molecule has 5 heterocycles. The zero-order valence-electron chi connectivity index (χ0n) is 28.4. The summed E-state index contributed by atoms with van der Waals surface area (Å²) in [5.41, 5.74) is 63.6. The van der Waals surface area contributed by atoms with E-state index in [1.807, 2.05) is 0 Å². The number of nitrogens with one attached hydrogen (secondary N) is 4. The summed E-state index contributed by atoms with van der Waals surface area (Å²) >= 11 is 0. The van der Waals surface area contributed by atoms with Crippen molar-refractivity contribution in [2.45, 2.75) is 63.5 Å². The Morgan fingerprint density at radius 2 is 0.771 bits per heavy atom. The Morgan fingerprint density at radius 3 is 1.12 bits per heavy atom. The summed E-state index contributed by atoms with van der Waals surface area (Å²) in [4.78, 5) is 7.59. The Labute approximate surface area is 284 Å². The van der Waals surface area contributed by atoms with E-state index in [-0.39, 0.29) is 12.1 Å². The van der Waals surface area contributed by atoms with Crippen molar-refractivity contribution in [3.63, 3.8) is 0 Å². The number of fused-ring (bicyclic) bond motifs is 8. The molecule has 0 aromatic carbocycles. The minimum Gasteiger partial charge on any atom is -0.375 e. The SMILES string of the molecule is NCCC1=C(CCN)C2/C=c3\[nH]/c(c(CCN)c3CCN)=C\C3N/C(=C\c4[nH]c(c(CCN)c4CCN)C=C1N2)C(CCN)=C3CCN. The van der Waals surface area contributed by atoms with Crippen molar-refractivity contribution in [3.8, 4) is 0 Å². The molecule has 20 N–H and O–H groups in total. The number of aromatic amines is 2. The van der Waals surface area contributed by atoms with Crippen molar-refractivity contribution >= 4 is 24.3 Å². The monoisotopic (exact) mass is 658 g/mol. The topological polar surface area (TPSA) is 264 Å². The Hall–Kier alpha value is -3.46. The van der Waals surface area contributed by atoms with Crippen molar-refractivity contribution in [2.24, 2.45) is 45.9 Å². The second kappa shape index (κ2) is 16.8. The molecule has 3 aliphatic rings. The number of nitrogens with two attached hydrogens (primary N) is 8. The van der Waals surface area contributed by atoms with Crippen LogP contribution in [0, 0.1) is 0 Å². The summed E-state index contributed by atoms with van der Waals surface area (Å²) in [6, 6.07) is -0.141. The average Bonchev–Trinajstić information content (AvgIpc) is 3.75. The van der Waals surface area contributed by atoms with E-state index in [1.54, 1.807) is 0 Å². The second-order valence-electron chi connectivity index (χ2n) is 12.8. The molecule has 2 aromatic rings. The lowest BCUT2D eigenvalue weighted by Crippen LogP contribution is -2.28. The molecule has 8 bridgehead atoms. The van der Waals surface area contributed by atoms with Crippen LogP contribution in [0.25, 0.3) is 24.3 Å². The summed E-state index contributed by atoms with van der Waals surface area (Å²) in [5, 5.41) is 9.82. The van der Waals surface area contributed by atoms with Crippen molar-refractivity contribution in [3.05, 3.63) is 78.0 Å². The molecule has 0 radical (unpaired) electrons. The first kappa shape index (κ1) is 35.8. The molecule has 0 saturated heterocycles. The lowest BCUT2D eigenvalue weighted by atomic mass is 9.95. The van der Waals surface area contributed by atoms with Crippen LogP contribution in [0.3, 0.4) is 0 Å². The maximum Gasteiger partial charge on any atom is 0.0687 e. The van der Waals surface area contributed by atoms with Gasteiger partial charge in [-0.15, -0.1) is 0 Å². The molecule has 12 heteroatoms. The zero-order valence-corrected chi connectivity index (χ0v) is 28.4. The molecule has 2 atom stereocenters. The summed E-state index contributed by atoms with van der Waals surface area (Å²) in [6.45, 7) is 4.23. The van der Waals surface area contributed by atoms with Gasteiger partial charge in [0.15, 0.2) is 0 Å². The third-order valence-electron chi connectivity index (χ3n) is 9.80. The van der Waals surface area contributed by atoms with Gasteiger partial charge in [0.2, 0.25) is 0 Å². The maximum absolute atomic E-state index is 6.22. The number of allylic oxidation sites excluding steroid dienone is 2. The zero-order chi connectivity index (χ0) is 34.2. The van der Waals surface area contributed by atoms with Gasteiger partial charge in [0.05, 0.1) is 12.1 Å². The molecule has 48 heavy (non-hydrogen) atoms. The van der Waals surface area contributed by atoms with Gasteiger partial charge >= 0.3 is 0 Å². The molecule has 3 aliphatic heterocycles. The number of rotatable bonds is 16. The second-order valence-corrected chi connectivity index (χ2v) is 12.8. The highest BCUT2D eigenvalue weighted by Crippen LogP contribution is 2.35. The molecule has 0 spiro atoms. The summed E-state index contributed by atoms with van der Waals surface area (Å²) < 4.78 is 0. The van der Waals surface area contributed by atoms with Crippen LogP contribution in [0.5, 0.6) is 0 Å². The largest absolute Gasteiger partial charge is 0.375 e. The van der Waals surface area contributed by atoms with E-state index >= 15 is 0 Å². The highest BCUT2D eigenvalue weighted by Gasteiger charge is 2.30. The van der Waals surface area contributed by atoms with Crippen LogP contribution in [0.4, 0.5) is 0 Å². The fourth-order valence-electron chi connectivity index (χ4n) is 7.86. The molecule has 2 unspecified atom stereocenters. The van der Waals surface area contributed by atoms with Crippen LogP contribution in [0.15, 0.2) is 33.7 Å². The minimum absolute atomic E-state index is 0.0705.